The Labute approximate surface area is 110 Å². The van der Waals surface area contributed by atoms with E-state index in [2.05, 4.69) is 24.4 Å². The molecule has 2 heteroatoms. The Bertz CT molecular complexity index is 353. The van der Waals surface area contributed by atoms with Crippen LogP contribution in [0.25, 0.3) is 0 Å². The minimum Gasteiger partial charge on any atom is -0.472 e. The largest absolute Gasteiger partial charge is 0.472 e. The highest BCUT2D eigenvalue weighted by Gasteiger charge is 2.13. The summed E-state index contributed by atoms with van der Waals surface area (Å²) < 4.78 is 5.17. The highest BCUT2D eigenvalue weighted by atomic mass is 16.3. The Morgan fingerprint density at radius 2 is 2.28 bits per heavy atom. The quantitative estimate of drug-likeness (QED) is 0.734. The monoisotopic (exact) mass is 247 g/mol. The Hall–Kier alpha value is -1.02. The van der Waals surface area contributed by atoms with Gasteiger partial charge in [-0.15, -0.1) is 0 Å². The molecular formula is C16H25NO. The first-order valence-corrected chi connectivity index (χ1v) is 7.31. The number of hydrogen-bond acceptors (Lipinski definition) is 2. The van der Waals surface area contributed by atoms with Crippen LogP contribution in [0.2, 0.25) is 0 Å². The fourth-order valence-electron chi connectivity index (χ4n) is 2.66. The van der Waals surface area contributed by atoms with Crippen molar-refractivity contribution in [2.75, 3.05) is 6.54 Å². The van der Waals surface area contributed by atoms with Crippen LogP contribution in [-0.2, 0) is 6.42 Å². The van der Waals surface area contributed by atoms with Crippen molar-refractivity contribution >= 4 is 0 Å². The number of nitrogens with one attached hydrogen (secondary N) is 1. The van der Waals surface area contributed by atoms with Crippen molar-refractivity contribution < 1.29 is 4.42 Å². The lowest BCUT2D eigenvalue weighted by molar-refractivity contribution is 0.486. The summed E-state index contributed by atoms with van der Waals surface area (Å²) in [5.41, 5.74) is 2.96. The van der Waals surface area contributed by atoms with Crippen molar-refractivity contribution in [3.05, 3.63) is 35.8 Å². The molecule has 1 aliphatic rings. The zero-order valence-corrected chi connectivity index (χ0v) is 11.5. The molecule has 1 N–H and O–H groups in total. The molecule has 18 heavy (non-hydrogen) atoms. The predicted octanol–water partition coefficient (Wildman–Crippen LogP) is 4.08. The average molecular weight is 247 g/mol. The molecule has 1 aromatic heterocycles. The van der Waals surface area contributed by atoms with Crippen LogP contribution in [0.5, 0.6) is 0 Å². The van der Waals surface area contributed by atoms with Gasteiger partial charge >= 0.3 is 0 Å². The van der Waals surface area contributed by atoms with E-state index in [-0.39, 0.29) is 0 Å². The molecular weight excluding hydrogens is 222 g/mol. The molecule has 1 heterocycles. The van der Waals surface area contributed by atoms with Crippen molar-refractivity contribution in [2.45, 2.75) is 57.9 Å². The van der Waals surface area contributed by atoms with Crippen LogP contribution in [0.1, 0.15) is 51.0 Å². The minimum atomic E-state index is 0.562. The van der Waals surface area contributed by atoms with E-state index in [9.17, 15) is 0 Å². The maximum atomic E-state index is 5.17. The van der Waals surface area contributed by atoms with Gasteiger partial charge in [-0.25, -0.2) is 0 Å². The molecule has 0 aliphatic heterocycles. The summed E-state index contributed by atoms with van der Waals surface area (Å²) in [4.78, 5) is 0. The van der Waals surface area contributed by atoms with Crippen molar-refractivity contribution in [3.63, 3.8) is 0 Å². The number of hydrogen-bond donors (Lipinski definition) is 1. The summed E-state index contributed by atoms with van der Waals surface area (Å²) in [7, 11) is 0. The molecule has 0 spiro atoms. The highest BCUT2D eigenvalue weighted by molar-refractivity contribution is 5.12. The van der Waals surface area contributed by atoms with Gasteiger partial charge in [0.25, 0.3) is 0 Å². The molecule has 0 radical (unpaired) electrons. The number of rotatable bonds is 7. The van der Waals surface area contributed by atoms with Crippen LogP contribution in [0.3, 0.4) is 0 Å². The second-order valence-corrected chi connectivity index (χ2v) is 5.30. The highest BCUT2D eigenvalue weighted by Crippen LogP contribution is 2.22. The van der Waals surface area contributed by atoms with E-state index in [0.29, 0.717) is 6.04 Å². The van der Waals surface area contributed by atoms with Gasteiger partial charge in [0.05, 0.1) is 12.5 Å². The Kier molecular flexibility index (Phi) is 5.53. The summed E-state index contributed by atoms with van der Waals surface area (Å²) >= 11 is 0. The van der Waals surface area contributed by atoms with Crippen LogP contribution in [0.4, 0.5) is 0 Å². The molecule has 0 saturated heterocycles. The Morgan fingerprint density at radius 1 is 1.33 bits per heavy atom. The molecule has 0 bridgehead atoms. The topological polar surface area (TPSA) is 25.2 Å². The van der Waals surface area contributed by atoms with Crippen molar-refractivity contribution in [2.24, 2.45) is 0 Å². The van der Waals surface area contributed by atoms with E-state index in [1.165, 1.54) is 44.1 Å². The van der Waals surface area contributed by atoms with Gasteiger partial charge in [-0.1, -0.05) is 18.6 Å². The lowest BCUT2D eigenvalue weighted by Crippen LogP contribution is -2.32. The fraction of sp³-hybridized carbons (Fsp3) is 0.625. The van der Waals surface area contributed by atoms with E-state index < -0.39 is 0 Å². The van der Waals surface area contributed by atoms with Gasteiger partial charge in [0.2, 0.25) is 0 Å². The minimum absolute atomic E-state index is 0.562. The van der Waals surface area contributed by atoms with Gasteiger partial charge in [-0.05, 0) is 63.1 Å². The zero-order valence-electron chi connectivity index (χ0n) is 11.5. The third kappa shape index (κ3) is 4.34. The first-order chi connectivity index (χ1) is 8.88. The molecule has 0 amide bonds. The van der Waals surface area contributed by atoms with Crippen LogP contribution in [-0.4, -0.2) is 12.6 Å². The predicted molar refractivity (Wildman–Crippen MR) is 75.7 cm³/mol. The van der Waals surface area contributed by atoms with Crippen LogP contribution >= 0.6 is 0 Å². The maximum Gasteiger partial charge on any atom is 0.0935 e. The Balaban J connectivity index is 1.89. The average Bonchev–Trinajstić information content (AvgIpc) is 2.90. The molecule has 1 unspecified atom stereocenters. The summed E-state index contributed by atoms with van der Waals surface area (Å²) in [6, 6.07) is 2.64. The molecule has 0 aromatic carbocycles. The molecule has 1 aliphatic carbocycles. The summed E-state index contributed by atoms with van der Waals surface area (Å²) in [5, 5.41) is 3.67. The third-order valence-electron chi connectivity index (χ3n) is 3.64. The van der Waals surface area contributed by atoms with Crippen LogP contribution in [0, 0.1) is 0 Å². The number of allylic oxidation sites excluding steroid dienone is 1. The maximum absolute atomic E-state index is 5.17. The van der Waals surface area contributed by atoms with E-state index >= 15 is 0 Å². The first-order valence-electron chi connectivity index (χ1n) is 7.31. The third-order valence-corrected chi connectivity index (χ3v) is 3.64. The molecule has 0 fully saturated rings. The molecule has 100 valence electrons. The SMILES string of the molecule is CCCNC(CC1=CCCCC1)Cc1ccoc1. The molecule has 0 saturated carbocycles. The van der Waals surface area contributed by atoms with Gasteiger partial charge in [-0.3, -0.25) is 0 Å². The van der Waals surface area contributed by atoms with Crippen LogP contribution < -0.4 is 5.32 Å². The second kappa shape index (κ2) is 7.42. The van der Waals surface area contributed by atoms with E-state index in [4.69, 9.17) is 4.42 Å². The second-order valence-electron chi connectivity index (χ2n) is 5.30. The number of furan rings is 1. The fourth-order valence-corrected chi connectivity index (χ4v) is 2.66. The van der Waals surface area contributed by atoms with Gasteiger partial charge in [0.15, 0.2) is 0 Å². The normalized spacial score (nSPS) is 17.5. The lowest BCUT2D eigenvalue weighted by Gasteiger charge is -2.21. The zero-order chi connectivity index (χ0) is 12.6. The van der Waals surface area contributed by atoms with Crippen molar-refractivity contribution in [1.82, 2.24) is 5.32 Å². The van der Waals surface area contributed by atoms with E-state index in [0.717, 1.165) is 13.0 Å². The van der Waals surface area contributed by atoms with E-state index in [1.54, 1.807) is 11.8 Å². The summed E-state index contributed by atoms with van der Waals surface area (Å²) in [6.07, 6.45) is 14.9. The van der Waals surface area contributed by atoms with Gasteiger partial charge in [0, 0.05) is 6.04 Å². The van der Waals surface area contributed by atoms with Crippen molar-refractivity contribution in [3.8, 4) is 0 Å². The van der Waals surface area contributed by atoms with E-state index in [1.807, 2.05) is 6.26 Å². The smallest absolute Gasteiger partial charge is 0.0935 e. The summed E-state index contributed by atoms with van der Waals surface area (Å²) in [5.74, 6) is 0. The van der Waals surface area contributed by atoms with Crippen LogP contribution in [0.15, 0.2) is 34.7 Å². The molecule has 2 rings (SSSR count). The Morgan fingerprint density at radius 3 is 2.94 bits per heavy atom. The molecule has 1 atom stereocenters. The van der Waals surface area contributed by atoms with Crippen molar-refractivity contribution in [1.29, 1.82) is 0 Å². The molecule has 1 aromatic rings. The van der Waals surface area contributed by atoms with Gasteiger partial charge in [0.1, 0.15) is 0 Å². The van der Waals surface area contributed by atoms with Gasteiger partial charge in [-0.2, -0.15) is 0 Å². The molecule has 2 nitrogen and oxygen atoms in total. The lowest BCUT2D eigenvalue weighted by atomic mass is 9.92. The summed E-state index contributed by atoms with van der Waals surface area (Å²) in [6.45, 7) is 3.33. The van der Waals surface area contributed by atoms with Gasteiger partial charge < -0.3 is 9.73 Å². The standard InChI is InChI=1S/C16H25NO/c1-2-9-17-16(12-15-8-10-18-13-15)11-14-6-4-3-5-7-14/h6,8,10,13,16-17H,2-5,7,9,11-12H2,1H3. The first kappa shape index (κ1) is 13.4.